The molecule has 0 aromatic heterocycles. The molecule has 0 aliphatic carbocycles. The summed E-state index contributed by atoms with van der Waals surface area (Å²) < 4.78 is 10.9. The Labute approximate surface area is 155 Å². The number of morpholine rings is 1. The lowest BCUT2D eigenvalue weighted by molar-refractivity contribution is 0.0329. The molecule has 3 heterocycles. The van der Waals surface area contributed by atoms with Gasteiger partial charge in [-0.3, -0.25) is 4.90 Å². The Morgan fingerprint density at radius 3 is 2.81 bits per heavy atom. The van der Waals surface area contributed by atoms with Crippen molar-refractivity contribution in [1.29, 1.82) is 0 Å². The molecule has 1 aromatic rings. The molecule has 2 amide bonds. The van der Waals surface area contributed by atoms with Crippen LogP contribution in [0.3, 0.4) is 0 Å². The molecule has 0 saturated carbocycles. The van der Waals surface area contributed by atoms with E-state index in [-0.39, 0.29) is 6.03 Å². The number of hydrogen-bond donors (Lipinski definition) is 1. The second-order valence-corrected chi connectivity index (χ2v) is 7.49. The number of piperidine rings is 1. The van der Waals surface area contributed by atoms with Crippen LogP contribution in [0.2, 0.25) is 0 Å². The minimum Gasteiger partial charge on any atom is -0.379 e. The summed E-state index contributed by atoms with van der Waals surface area (Å²) in [5.41, 5.74) is 3.28. The van der Waals surface area contributed by atoms with Crippen LogP contribution >= 0.6 is 0 Å². The van der Waals surface area contributed by atoms with Gasteiger partial charge in [0.05, 0.1) is 26.4 Å². The summed E-state index contributed by atoms with van der Waals surface area (Å²) in [5, 5.41) is 3.11. The van der Waals surface area contributed by atoms with E-state index in [4.69, 9.17) is 9.47 Å². The lowest BCUT2D eigenvalue weighted by Gasteiger charge is -2.37. The van der Waals surface area contributed by atoms with Gasteiger partial charge in [0, 0.05) is 37.9 Å². The van der Waals surface area contributed by atoms with Crippen LogP contribution in [0.4, 0.5) is 10.5 Å². The van der Waals surface area contributed by atoms with E-state index in [2.05, 4.69) is 16.3 Å². The van der Waals surface area contributed by atoms with Crippen molar-refractivity contribution in [2.75, 3.05) is 44.7 Å². The molecule has 0 unspecified atom stereocenters. The first-order chi connectivity index (χ1) is 12.8. The highest BCUT2D eigenvalue weighted by atomic mass is 16.5. The number of hydrogen-bond acceptors (Lipinski definition) is 4. The van der Waals surface area contributed by atoms with E-state index in [1.807, 2.05) is 17.0 Å². The first-order valence-corrected chi connectivity index (χ1v) is 9.87. The number of likely N-dealkylation sites (tertiary alicyclic amines) is 1. The zero-order valence-corrected chi connectivity index (χ0v) is 15.4. The predicted octanol–water partition coefficient (Wildman–Crippen LogP) is 2.83. The highest BCUT2D eigenvalue weighted by Crippen LogP contribution is 2.25. The Kier molecular flexibility index (Phi) is 5.72. The quantitative estimate of drug-likeness (QED) is 0.898. The second-order valence-electron chi connectivity index (χ2n) is 7.49. The molecule has 3 aliphatic heterocycles. The molecule has 6 heteroatoms. The fraction of sp³-hybridized carbons (Fsp3) is 0.650. The molecule has 0 spiro atoms. The topological polar surface area (TPSA) is 54.0 Å². The van der Waals surface area contributed by atoms with E-state index >= 15 is 0 Å². The number of anilines is 1. The summed E-state index contributed by atoms with van der Waals surface area (Å²) in [6.07, 6.45) is 4.47. The SMILES string of the molecule is O=C(Nc1ccc2c(c1)COC2)N1CCCC[C@@H]1CCN1CCOCC1. The molecule has 0 radical (unpaired) electrons. The standard InChI is InChI=1S/C20H29N3O3/c24-20(21-18-5-4-16-14-26-15-17(16)13-18)23-7-2-1-3-19(23)6-8-22-9-11-25-12-10-22/h4-5,13,19H,1-3,6-12,14-15H2,(H,21,24)/t19-/m1/s1. The van der Waals surface area contributed by atoms with Crippen molar-refractivity contribution in [2.45, 2.75) is 44.9 Å². The number of carbonyl (C=O) groups excluding carboxylic acids is 1. The zero-order chi connectivity index (χ0) is 17.8. The fourth-order valence-corrected chi connectivity index (χ4v) is 4.17. The predicted molar refractivity (Wildman–Crippen MR) is 100 cm³/mol. The average molecular weight is 359 g/mol. The first kappa shape index (κ1) is 17.8. The fourth-order valence-electron chi connectivity index (χ4n) is 4.17. The minimum absolute atomic E-state index is 0.0375. The number of amides is 2. The average Bonchev–Trinajstić information content (AvgIpc) is 3.15. The van der Waals surface area contributed by atoms with Crippen molar-refractivity contribution >= 4 is 11.7 Å². The van der Waals surface area contributed by atoms with Crippen LogP contribution in [0.25, 0.3) is 0 Å². The van der Waals surface area contributed by atoms with Gasteiger partial charge in [-0.25, -0.2) is 4.79 Å². The van der Waals surface area contributed by atoms with Gasteiger partial charge in [-0.15, -0.1) is 0 Å². The summed E-state index contributed by atoms with van der Waals surface area (Å²) in [4.78, 5) is 17.4. The Balaban J connectivity index is 1.35. The van der Waals surface area contributed by atoms with Gasteiger partial charge in [0.2, 0.25) is 0 Å². The van der Waals surface area contributed by atoms with Crippen molar-refractivity contribution in [3.05, 3.63) is 29.3 Å². The lowest BCUT2D eigenvalue weighted by atomic mass is 9.99. The molecule has 6 nitrogen and oxygen atoms in total. The van der Waals surface area contributed by atoms with Crippen LogP contribution in [-0.4, -0.2) is 61.3 Å². The molecular formula is C20H29N3O3. The molecule has 1 N–H and O–H groups in total. The maximum atomic E-state index is 12.9. The van der Waals surface area contributed by atoms with Crippen molar-refractivity contribution in [3.8, 4) is 0 Å². The number of nitrogens with one attached hydrogen (secondary N) is 1. The van der Waals surface area contributed by atoms with Gasteiger partial charge in [0.25, 0.3) is 0 Å². The molecule has 142 valence electrons. The van der Waals surface area contributed by atoms with Crippen LogP contribution in [0.15, 0.2) is 18.2 Å². The van der Waals surface area contributed by atoms with Crippen LogP contribution in [-0.2, 0) is 22.7 Å². The highest BCUT2D eigenvalue weighted by molar-refractivity contribution is 5.89. The molecule has 26 heavy (non-hydrogen) atoms. The lowest BCUT2D eigenvalue weighted by Crippen LogP contribution is -2.48. The summed E-state index contributed by atoms with van der Waals surface area (Å²) >= 11 is 0. The molecule has 1 atom stereocenters. The number of urea groups is 1. The van der Waals surface area contributed by atoms with E-state index in [0.717, 1.165) is 64.3 Å². The Hall–Kier alpha value is -1.63. The molecule has 3 aliphatic rings. The van der Waals surface area contributed by atoms with Gasteiger partial charge in [0.15, 0.2) is 0 Å². The normalized spacial score (nSPS) is 23.7. The Morgan fingerprint density at radius 2 is 1.92 bits per heavy atom. The van der Waals surface area contributed by atoms with Crippen LogP contribution in [0.1, 0.15) is 36.8 Å². The van der Waals surface area contributed by atoms with Crippen molar-refractivity contribution in [2.24, 2.45) is 0 Å². The van der Waals surface area contributed by atoms with E-state index < -0.39 is 0 Å². The monoisotopic (exact) mass is 359 g/mol. The number of carbonyl (C=O) groups is 1. The van der Waals surface area contributed by atoms with E-state index in [9.17, 15) is 4.79 Å². The second kappa shape index (κ2) is 8.37. The van der Waals surface area contributed by atoms with Gasteiger partial charge in [-0.05, 0) is 48.9 Å². The molecule has 2 fully saturated rings. The maximum absolute atomic E-state index is 12.9. The van der Waals surface area contributed by atoms with Crippen LogP contribution in [0.5, 0.6) is 0 Å². The zero-order valence-electron chi connectivity index (χ0n) is 15.4. The Bertz CT molecular complexity index is 631. The maximum Gasteiger partial charge on any atom is 0.322 e. The molecule has 2 saturated heterocycles. The summed E-state index contributed by atoms with van der Waals surface area (Å²) in [6.45, 7) is 6.91. The number of ether oxygens (including phenoxy) is 2. The van der Waals surface area contributed by atoms with E-state index in [0.29, 0.717) is 19.3 Å². The highest BCUT2D eigenvalue weighted by Gasteiger charge is 2.27. The summed E-state index contributed by atoms with van der Waals surface area (Å²) in [5.74, 6) is 0. The molecule has 1 aromatic carbocycles. The first-order valence-electron chi connectivity index (χ1n) is 9.87. The number of benzene rings is 1. The van der Waals surface area contributed by atoms with Crippen molar-refractivity contribution in [3.63, 3.8) is 0 Å². The third-order valence-corrected chi connectivity index (χ3v) is 5.74. The third kappa shape index (κ3) is 4.19. The summed E-state index contributed by atoms with van der Waals surface area (Å²) in [6, 6.07) is 6.47. The molecular weight excluding hydrogens is 330 g/mol. The van der Waals surface area contributed by atoms with Gasteiger partial charge in [0.1, 0.15) is 0 Å². The van der Waals surface area contributed by atoms with Gasteiger partial charge in [-0.2, -0.15) is 0 Å². The van der Waals surface area contributed by atoms with Crippen LogP contribution in [0, 0.1) is 0 Å². The largest absolute Gasteiger partial charge is 0.379 e. The molecule has 0 bridgehead atoms. The Morgan fingerprint density at radius 1 is 1.08 bits per heavy atom. The van der Waals surface area contributed by atoms with Gasteiger partial charge < -0.3 is 19.7 Å². The van der Waals surface area contributed by atoms with Gasteiger partial charge in [-0.1, -0.05) is 6.07 Å². The van der Waals surface area contributed by atoms with Crippen molar-refractivity contribution < 1.29 is 14.3 Å². The van der Waals surface area contributed by atoms with Gasteiger partial charge >= 0.3 is 6.03 Å². The number of rotatable bonds is 4. The molecule has 4 rings (SSSR count). The number of fused-ring (bicyclic) bond motifs is 1. The minimum atomic E-state index is 0.0375. The van der Waals surface area contributed by atoms with E-state index in [1.165, 1.54) is 17.5 Å². The number of nitrogens with zero attached hydrogens (tertiary/aromatic N) is 2. The smallest absolute Gasteiger partial charge is 0.322 e. The van der Waals surface area contributed by atoms with Crippen molar-refractivity contribution in [1.82, 2.24) is 9.80 Å². The van der Waals surface area contributed by atoms with E-state index in [1.54, 1.807) is 0 Å². The van der Waals surface area contributed by atoms with Crippen LogP contribution < -0.4 is 5.32 Å². The third-order valence-electron chi connectivity index (χ3n) is 5.74. The summed E-state index contributed by atoms with van der Waals surface area (Å²) in [7, 11) is 0.